The van der Waals surface area contributed by atoms with Crippen molar-refractivity contribution in [1.29, 1.82) is 0 Å². The van der Waals surface area contributed by atoms with Crippen molar-refractivity contribution in [3.05, 3.63) is 0 Å². The third-order valence-electron chi connectivity index (χ3n) is 2.26. The van der Waals surface area contributed by atoms with E-state index >= 15 is 0 Å². The summed E-state index contributed by atoms with van der Waals surface area (Å²) in [4.78, 5) is 22.3. The Hall–Kier alpha value is -0.770. The zero-order valence-electron chi connectivity index (χ0n) is 10.9. The second-order valence-electron chi connectivity index (χ2n) is 3.70. The van der Waals surface area contributed by atoms with Crippen LogP contribution >= 0.6 is 12.4 Å². The maximum Gasteiger partial charge on any atom is 0.308 e. The topological polar surface area (TPSA) is 52.6 Å². The van der Waals surface area contributed by atoms with Crippen LogP contribution in [-0.4, -0.2) is 25.2 Å². The van der Waals surface area contributed by atoms with Crippen molar-refractivity contribution in [3.63, 3.8) is 0 Å². The fourth-order valence-corrected chi connectivity index (χ4v) is 1.36. The molecule has 0 aromatic rings. The van der Waals surface area contributed by atoms with Crippen LogP contribution in [-0.2, 0) is 19.1 Å². The summed E-state index contributed by atoms with van der Waals surface area (Å²) in [6.07, 6.45) is 2.81. The van der Waals surface area contributed by atoms with Crippen molar-refractivity contribution >= 4 is 24.3 Å². The third kappa shape index (κ3) is 10.1. The van der Waals surface area contributed by atoms with Crippen LogP contribution < -0.4 is 0 Å². The fourth-order valence-electron chi connectivity index (χ4n) is 1.36. The number of hydrogen-bond donors (Lipinski definition) is 0. The molecule has 0 radical (unpaired) electrons. The molecule has 0 aliphatic rings. The summed E-state index contributed by atoms with van der Waals surface area (Å²) in [7, 11) is 0. The first kappa shape index (κ1) is 18.6. The van der Waals surface area contributed by atoms with Gasteiger partial charge in [0.1, 0.15) is 0 Å². The lowest BCUT2D eigenvalue weighted by atomic mass is 10.0. The molecule has 1 unspecified atom stereocenters. The van der Waals surface area contributed by atoms with E-state index in [1.807, 2.05) is 6.92 Å². The van der Waals surface area contributed by atoms with Crippen LogP contribution in [0.5, 0.6) is 0 Å². The van der Waals surface area contributed by atoms with E-state index in [2.05, 4.69) is 0 Å². The highest BCUT2D eigenvalue weighted by atomic mass is 35.5. The molecule has 1 atom stereocenters. The van der Waals surface area contributed by atoms with Gasteiger partial charge in [-0.3, -0.25) is 9.59 Å². The maximum absolute atomic E-state index is 11.3. The van der Waals surface area contributed by atoms with Gasteiger partial charge < -0.3 is 9.47 Å². The molecule has 4 nitrogen and oxygen atoms in total. The molecule has 0 rings (SSSR count). The Kier molecular flexibility index (Phi) is 12.8. The summed E-state index contributed by atoms with van der Waals surface area (Å²) in [5.41, 5.74) is 0. The van der Waals surface area contributed by atoms with Gasteiger partial charge in [-0.15, -0.1) is 12.4 Å². The summed E-state index contributed by atoms with van der Waals surface area (Å²) in [5.74, 6) is -0.396. The van der Waals surface area contributed by atoms with E-state index in [0.717, 1.165) is 19.3 Å². The van der Waals surface area contributed by atoms with Crippen LogP contribution in [0.2, 0.25) is 0 Å². The molecule has 0 amide bonds. The highest BCUT2D eigenvalue weighted by Crippen LogP contribution is 2.11. The van der Waals surface area contributed by atoms with Gasteiger partial charge in [0, 0.05) is 6.42 Å². The number of unbranched alkanes of at least 4 members (excludes halogenated alkanes) is 1. The second kappa shape index (κ2) is 11.7. The van der Waals surface area contributed by atoms with Gasteiger partial charge in [0.2, 0.25) is 0 Å². The first-order chi connectivity index (χ1) is 7.61. The van der Waals surface area contributed by atoms with E-state index in [9.17, 15) is 9.59 Å². The molecule has 0 aromatic heterocycles. The normalized spacial score (nSPS) is 11.2. The van der Waals surface area contributed by atoms with E-state index < -0.39 is 0 Å². The van der Waals surface area contributed by atoms with Gasteiger partial charge in [-0.2, -0.15) is 0 Å². The van der Waals surface area contributed by atoms with Gasteiger partial charge in [-0.1, -0.05) is 13.3 Å². The Morgan fingerprint density at radius 3 is 2.18 bits per heavy atom. The molecule has 17 heavy (non-hydrogen) atoms. The molecule has 0 bridgehead atoms. The molecule has 0 saturated heterocycles. The Balaban J connectivity index is 0. The van der Waals surface area contributed by atoms with E-state index in [4.69, 9.17) is 9.47 Å². The van der Waals surface area contributed by atoms with Crippen LogP contribution in [0, 0.1) is 5.92 Å². The van der Waals surface area contributed by atoms with E-state index in [1.165, 1.54) is 0 Å². The molecule has 0 aliphatic heterocycles. The van der Waals surface area contributed by atoms with Crippen molar-refractivity contribution < 1.29 is 19.1 Å². The largest absolute Gasteiger partial charge is 0.466 e. The van der Waals surface area contributed by atoms with Crippen LogP contribution in [0.1, 0.15) is 46.5 Å². The molecular weight excluding hydrogens is 244 g/mol. The van der Waals surface area contributed by atoms with E-state index in [0.29, 0.717) is 19.6 Å². The van der Waals surface area contributed by atoms with Crippen molar-refractivity contribution in [3.8, 4) is 0 Å². The summed E-state index contributed by atoms with van der Waals surface area (Å²) in [5, 5.41) is 0. The Labute approximate surface area is 109 Å². The lowest BCUT2D eigenvalue weighted by molar-refractivity contribution is -0.147. The minimum absolute atomic E-state index is 0. The molecule has 0 saturated carbocycles. The van der Waals surface area contributed by atoms with Gasteiger partial charge in [-0.05, 0) is 26.7 Å². The first-order valence-electron chi connectivity index (χ1n) is 5.94. The molecule has 0 spiro atoms. The standard InChI is InChI=1S/C12H22O4.ClH/c1-4-15-11(13)9-7-6-8-10(3)12(14)16-5-2;/h10H,4-9H2,1-3H3;1H. The molecular formula is C12H23ClO4. The Morgan fingerprint density at radius 1 is 1.06 bits per heavy atom. The third-order valence-corrected chi connectivity index (χ3v) is 2.26. The Morgan fingerprint density at radius 2 is 1.65 bits per heavy atom. The SMILES string of the molecule is CCOC(=O)CCCCC(C)C(=O)OCC.Cl. The molecule has 0 N–H and O–H groups in total. The van der Waals surface area contributed by atoms with Gasteiger partial charge >= 0.3 is 11.9 Å². The number of rotatable bonds is 8. The summed E-state index contributed by atoms with van der Waals surface area (Å²) in [6.45, 7) is 6.29. The van der Waals surface area contributed by atoms with E-state index in [1.54, 1.807) is 13.8 Å². The lowest BCUT2D eigenvalue weighted by Crippen LogP contribution is -2.14. The summed E-state index contributed by atoms with van der Waals surface area (Å²) in [6, 6.07) is 0. The minimum Gasteiger partial charge on any atom is -0.466 e. The predicted octanol–water partition coefficient (Wildman–Crippen LogP) is 2.73. The smallest absolute Gasteiger partial charge is 0.308 e. The van der Waals surface area contributed by atoms with Gasteiger partial charge in [0.25, 0.3) is 0 Å². The van der Waals surface area contributed by atoms with Crippen LogP contribution in [0.4, 0.5) is 0 Å². The molecule has 0 aromatic carbocycles. The predicted molar refractivity (Wildman–Crippen MR) is 68.1 cm³/mol. The van der Waals surface area contributed by atoms with Crippen molar-refractivity contribution in [2.24, 2.45) is 5.92 Å². The quantitative estimate of drug-likeness (QED) is 0.501. The number of halogens is 1. The number of ether oxygens (including phenoxy) is 2. The number of esters is 2. The van der Waals surface area contributed by atoms with Crippen LogP contribution in [0.25, 0.3) is 0 Å². The molecule has 0 aliphatic carbocycles. The maximum atomic E-state index is 11.3. The van der Waals surface area contributed by atoms with Gasteiger partial charge in [0.05, 0.1) is 19.1 Å². The highest BCUT2D eigenvalue weighted by Gasteiger charge is 2.13. The molecule has 0 fully saturated rings. The average molecular weight is 267 g/mol. The number of hydrogen-bond acceptors (Lipinski definition) is 4. The molecule has 0 heterocycles. The minimum atomic E-state index is -0.161. The van der Waals surface area contributed by atoms with Gasteiger partial charge in [-0.25, -0.2) is 0 Å². The number of carbonyl (C=O) groups excluding carboxylic acids is 2. The summed E-state index contributed by atoms with van der Waals surface area (Å²) < 4.78 is 9.69. The summed E-state index contributed by atoms with van der Waals surface area (Å²) >= 11 is 0. The average Bonchev–Trinajstić information content (AvgIpc) is 2.24. The molecule has 102 valence electrons. The number of carbonyl (C=O) groups is 2. The monoisotopic (exact) mass is 266 g/mol. The fraction of sp³-hybridized carbons (Fsp3) is 0.833. The highest BCUT2D eigenvalue weighted by molar-refractivity contribution is 5.85. The molecule has 5 heteroatoms. The van der Waals surface area contributed by atoms with Crippen LogP contribution in [0.15, 0.2) is 0 Å². The zero-order chi connectivity index (χ0) is 12.4. The Bertz CT molecular complexity index is 219. The van der Waals surface area contributed by atoms with Crippen molar-refractivity contribution in [1.82, 2.24) is 0 Å². The zero-order valence-corrected chi connectivity index (χ0v) is 11.7. The van der Waals surface area contributed by atoms with Gasteiger partial charge in [0.15, 0.2) is 0 Å². The first-order valence-corrected chi connectivity index (χ1v) is 5.94. The van der Waals surface area contributed by atoms with Crippen molar-refractivity contribution in [2.75, 3.05) is 13.2 Å². The van der Waals surface area contributed by atoms with E-state index in [-0.39, 0.29) is 30.3 Å². The van der Waals surface area contributed by atoms with Crippen LogP contribution in [0.3, 0.4) is 0 Å². The van der Waals surface area contributed by atoms with Crippen molar-refractivity contribution in [2.45, 2.75) is 46.5 Å². The lowest BCUT2D eigenvalue weighted by Gasteiger charge is -2.09. The second-order valence-corrected chi connectivity index (χ2v) is 3.70.